The number of rotatable bonds is 4. The maximum Gasteiger partial charge on any atom is 0.409 e. The summed E-state index contributed by atoms with van der Waals surface area (Å²) in [6.45, 7) is 11.4. The molecule has 0 aliphatic carbocycles. The van der Waals surface area contributed by atoms with E-state index in [-0.39, 0.29) is 23.1 Å². The molecule has 38 heavy (non-hydrogen) atoms. The van der Waals surface area contributed by atoms with Crippen molar-refractivity contribution in [1.29, 1.82) is 0 Å². The number of carbonyl (C=O) groups is 1. The van der Waals surface area contributed by atoms with Gasteiger partial charge in [0.1, 0.15) is 5.39 Å². The SMILES string of the molecule is COC(=O)N1CCc2cc(Nc3ncc4c(=O)n(C(C)C)n(-c5ccnc(C(C)(C)C)c5)c4n3)ccc2C1. The van der Waals surface area contributed by atoms with Crippen LogP contribution in [0.5, 0.6) is 0 Å². The maximum atomic E-state index is 13.4. The third-order valence-electron chi connectivity index (χ3n) is 6.78. The van der Waals surface area contributed by atoms with E-state index in [1.54, 1.807) is 22.0 Å². The first kappa shape index (κ1) is 25.4. The molecule has 1 aliphatic rings. The number of aromatic nitrogens is 5. The Bertz CT molecular complexity index is 1580. The third kappa shape index (κ3) is 4.62. The van der Waals surface area contributed by atoms with E-state index in [2.05, 4.69) is 42.1 Å². The molecule has 1 amide bonds. The lowest BCUT2D eigenvalue weighted by molar-refractivity contribution is 0.118. The normalized spacial score (nSPS) is 13.6. The van der Waals surface area contributed by atoms with Gasteiger partial charge in [-0.25, -0.2) is 19.1 Å². The lowest BCUT2D eigenvalue weighted by Gasteiger charge is -2.28. The predicted molar refractivity (Wildman–Crippen MR) is 146 cm³/mol. The van der Waals surface area contributed by atoms with Crippen LogP contribution in [0.4, 0.5) is 16.4 Å². The van der Waals surface area contributed by atoms with Gasteiger partial charge in [0, 0.05) is 48.3 Å². The molecule has 0 atom stereocenters. The van der Waals surface area contributed by atoms with E-state index >= 15 is 0 Å². The van der Waals surface area contributed by atoms with Gasteiger partial charge in [-0.05, 0) is 55.7 Å². The second-order valence-electron chi connectivity index (χ2n) is 10.9. The Morgan fingerprint density at radius 3 is 2.61 bits per heavy atom. The summed E-state index contributed by atoms with van der Waals surface area (Å²) >= 11 is 0. The number of nitrogens with one attached hydrogen (secondary N) is 1. The fraction of sp³-hybridized carbons (Fsp3) is 0.393. The number of hydrogen-bond acceptors (Lipinski definition) is 7. The zero-order valence-corrected chi connectivity index (χ0v) is 22.6. The van der Waals surface area contributed by atoms with Gasteiger partial charge >= 0.3 is 6.09 Å². The average molecular weight is 516 g/mol. The summed E-state index contributed by atoms with van der Waals surface area (Å²) in [7, 11) is 1.40. The fourth-order valence-electron chi connectivity index (χ4n) is 4.78. The summed E-state index contributed by atoms with van der Waals surface area (Å²) in [6.07, 6.45) is 3.77. The summed E-state index contributed by atoms with van der Waals surface area (Å²) in [5.41, 5.74) is 5.06. The van der Waals surface area contributed by atoms with Crippen molar-refractivity contribution in [2.75, 3.05) is 19.0 Å². The van der Waals surface area contributed by atoms with Gasteiger partial charge in [-0.2, -0.15) is 4.98 Å². The van der Waals surface area contributed by atoms with Crippen LogP contribution < -0.4 is 10.9 Å². The number of nitrogens with zero attached hydrogens (tertiary/aromatic N) is 6. The van der Waals surface area contributed by atoms with Crippen molar-refractivity contribution in [3.05, 3.63) is 69.9 Å². The number of amides is 1. The lowest BCUT2D eigenvalue weighted by Crippen LogP contribution is -2.35. The van der Waals surface area contributed by atoms with Gasteiger partial charge in [0.05, 0.1) is 12.8 Å². The van der Waals surface area contributed by atoms with Gasteiger partial charge in [-0.15, -0.1) is 0 Å². The number of benzene rings is 1. The van der Waals surface area contributed by atoms with Crippen molar-refractivity contribution >= 4 is 28.8 Å². The Labute approximate surface area is 221 Å². The monoisotopic (exact) mass is 515 g/mol. The predicted octanol–water partition coefficient (Wildman–Crippen LogP) is 4.72. The molecule has 1 N–H and O–H groups in total. The van der Waals surface area contributed by atoms with E-state index in [0.29, 0.717) is 30.1 Å². The Kier molecular flexibility index (Phi) is 6.42. The first-order valence-corrected chi connectivity index (χ1v) is 12.8. The van der Waals surface area contributed by atoms with E-state index in [4.69, 9.17) is 9.72 Å². The van der Waals surface area contributed by atoms with Crippen molar-refractivity contribution in [2.24, 2.45) is 0 Å². The molecule has 0 radical (unpaired) electrons. The molecule has 0 bridgehead atoms. The van der Waals surface area contributed by atoms with Gasteiger partial charge < -0.3 is 15.0 Å². The van der Waals surface area contributed by atoms with Crippen molar-refractivity contribution < 1.29 is 9.53 Å². The lowest BCUT2D eigenvalue weighted by atomic mass is 9.91. The Morgan fingerprint density at radius 2 is 1.89 bits per heavy atom. The van der Waals surface area contributed by atoms with E-state index < -0.39 is 0 Å². The highest BCUT2D eigenvalue weighted by atomic mass is 16.5. The van der Waals surface area contributed by atoms with Crippen LogP contribution in [0.2, 0.25) is 0 Å². The molecular formula is C28H33N7O3. The van der Waals surface area contributed by atoms with Crippen LogP contribution in [0.3, 0.4) is 0 Å². The quantitative estimate of drug-likeness (QED) is 0.419. The number of fused-ring (bicyclic) bond motifs is 2. The van der Waals surface area contributed by atoms with Crippen LogP contribution in [0.15, 0.2) is 47.5 Å². The number of ether oxygens (including phenoxy) is 1. The highest BCUT2D eigenvalue weighted by Crippen LogP contribution is 2.27. The zero-order chi connectivity index (χ0) is 27.2. The van der Waals surface area contributed by atoms with Gasteiger partial charge in [-0.3, -0.25) is 9.78 Å². The molecule has 5 rings (SSSR count). The summed E-state index contributed by atoms with van der Waals surface area (Å²) in [5, 5.41) is 3.75. The van der Waals surface area contributed by atoms with Crippen LogP contribution in [0.25, 0.3) is 16.7 Å². The van der Waals surface area contributed by atoms with Gasteiger partial charge in [-0.1, -0.05) is 26.8 Å². The van der Waals surface area contributed by atoms with Gasteiger partial charge in [0.25, 0.3) is 5.56 Å². The Balaban J connectivity index is 1.54. The minimum atomic E-state index is -0.317. The smallest absolute Gasteiger partial charge is 0.409 e. The van der Waals surface area contributed by atoms with E-state index in [9.17, 15) is 9.59 Å². The molecule has 0 saturated heterocycles. The van der Waals surface area contributed by atoms with Crippen LogP contribution in [-0.2, 0) is 23.1 Å². The number of carbonyl (C=O) groups excluding carboxylic acids is 1. The Morgan fingerprint density at radius 1 is 1.11 bits per heavy atom. The molecule has 198 valence electrons. The van der Waals surface area contributed by atoms with Crippen molar-refractivity contribution in [3.8, 4) is 5.69 Å². The molecule has 0 spiro atoms. The number of anilines is 2. The molecule has 0 fully saturated rings. The molecule has 4 heterocycles. The molecule has 1 aromatic carbocycles. The largest absolute Gasteiger partial charge is 0.453 e. The maximum absolute atomic E-state index is 13.4. The minimum Gasteiger partial charge on any atom is -0.453 e. The summed E-state index contributed by atoms with van der Waals surface area (Å²) in [6, 6.07) is 9.81. The standard InChI is InChI=1S/C28H33N7O3/c1-17(2)34-25(36)22-15-30-26(32-24(22)35(34)21-9-11-29-23(14-21)28(3,4)5)31-20-8-7-19-16-33(27(37)38-6)12-10-18(19)13-20/h7-9,11,13-15,17H,10,12,16H2,1-6H3,(H,30,31,32). The number of methoxy groups -OCH3 is 1. The zero-order valence-electron chi connectivity index (χ0n) is 22.6. The molecule has 0 unspecified atom stereocenters. The van der Waals surface area contributed by atoms with Crippen molar-refractivity contribution in [2.45, 2.75) is 59.0 Å². The van der Waals surface area contributed by atoms with Crippen LogP contribution >= 0.6 is 0 Å². The second kappa shape index (κ2) is 9.59. The first-order valence-electron chi connectivity index (χ1n) is 12.8. The van der Waals surface area contributed by atoms with Crippen LogP contribution in [0, 0.1) is 0 Å². The number of pyridine rings is 1. The topological polar surface area (TPSA) is 107 Å². The highest BCUT2D eigenvalue weighted by molar-refractivity contribution is 5.77. The van der Waals surface area contributed by atoms with E-state index in [0.717, 1.165) is 34.6 Å². The fourth-order valence-corrected chi connectivity index (χ4v) is 4.78. The third-order valence-corrected chi connectivity index (χ3v) is 6.78. The Hall–Kier alpha value is -4.21. The van der Waals surface area contributed by atoms with E-state index in [1.807, 2.05) is 42.8 Å². The molecule has 3 aromatic heterocycles. The highest BCUT2D eigenvalue weighted by Gasteiger charge is 2.23. The first-order chi connectivity index (χ1) is 18.1. The molecular weight excluding hydrogens is 482 g/mol. The van der Waals surface area contributed by atoms with Crippen molar-refractivity contribution in [3.63, 3.8) is 0 Å². The minimum absolute atomic E-state index is 0.0930. The van der Waals surface area contributed by atoms with Gasteiger partial charge in [0.2, 0.25) is 5.95 Å². The summed E-state index contributed by atoms with van der Waals surface area (Å²) < 4.78 is 8.43. The second-order valence-corrected chi connectivity index (χ2v) is 10.9. The van der Waals surface area contributed by atoms with E-state index in [1.165, 1.54) is 7.11 Å². The molecule has 4 aromatic rings. The molecule has 10 nitrogen and oxygen atoms in total. The average Bonchev–Trinajstić information content (AvgIpc) is 3.19. The molecule has 0 saturated carbocycles. The van der Waals surface area contributed by atoms with Crippen molar-refractivity contribution in [1.82, 2.24) is 29.2 Å². The van der Waals surface area contributed by atoms with Crippen LogP contribution in [0.1, 0.15) is 57.5 Å². The molecule has 1 aliphatic heterocycles. The summed E-state index contributed by atoms with van der Waals surface area (Å²) in [4.78, 5) is 40.8. The number of hydrogen-bond donors (Lipinski definition) is 1. The van der Waals surface area contributed by atoms with Crippen LogP contribution in [-0.4, -0.2) is 49.0 Å². The van der Waals surface area contributed by atoms with Gasteiger partial charge in [0.15, 0.2) is 5.65 Å². The summed E-state index contributed by atoms with van der Waals surface area (Å²) in [5.74, 6) is 0.393. The molecule has 10 heteroatoms.